The molecule has 0 spiro atoms. The highest BCUT2D eigenvalue weighted by Gasteiger charge is 2.32. The normalized spacial score (nSPS) is 12.7. The Labute approximate surface area is 118 Å². The molecule has 0 aliphatic rings. The monoisotopic (exact) mass is 308 g/mol. The molecular formula is C12H18ClFN2O2S. The Hall–Kier alpha value is -0.690. The summed E-state index contributed by atoms with van der Waals surface area (Å²) in [6.45, 7) is 3.79. The lowest BCUT2D eigenvalue weighted by atomic mass is 9.95. The summed E-state index contributed by atoms with van der Waals surface area (Å²) in [5, 5.41) is -0.228. The Morgan fingerprint density at radius 1 is 1.37 bits per heavy atom. The molecule has 0 unspecified atom stereocenters. The van der Waals surface area contributed by atoms with Gasteiger partial charge in [0.05, 0.1) is 5.02 Å². The molecule has 0 aromatic heterocycles. The van der Waals surface area contributed by atoms with Crippen LogP contribution >= 0.6 is 11.6 Å². The van der Waals surface area contributed by atoms with Gasteiger partial charge in [0.25, 0.3) is 0 Å². The van der Waals surface area contributed by atoms with Gasteiger partial charge in [0.1, 0.15) is 4.90 Å². The van der Waals surface area contributed by atoms with E-state index in [-0.39, 0.29) is 11.6 Å². The van der Waals surface area contributed by atoms with Crippen LogP contribution in [0.25, 0.3) is 0 Å². The molecule has 1 rings (SSSR count). The van der Waals surface area contributed by atoms with Crippen LogP contribution in [0, 0.1) is 5.82 Å². The van der Waals surface area contributed by atoms with Crippen LogP contribution in [0.1, 0.15) is 26.7 Å². The van der Waals surface area contributed by atoms with E-state index in [1.807, 2.05) is 13.8 Å². The number of benzene rings is 1. The minimum Gasteiger partial charge on any atom is -0.329 e. The van der Waals surface area contributed by atoms with Crippen LogP contribution in [0.5, 0.6) is 0 Å². The van der Waals surface area contributed by atoms with Gasteiger partial charge in [-0.1, -0.05) is 31.5 Å². The van der Waals surface area contributed by atoms with E-state index in [1.165, 1.54) is 18.2 Å². The van der Waals surface area contributed by atoms with Gasteiger partial charge in [-0.25, -0.2) is 17.5 Å². The number of hydrogen-bond donors (Lipinski definition) is 2. The van der Waals surface area contributed by atoms with Gasteiger partial charge in [-0.2, -0.15) is 0 Å². The summed E-state index contributed by atoms with van der Waals surface area (Å²) in [7, 11) is -4.00. The van der Waals surface area contributed by atoms with Crippen LogP contribution in [-0.2, 0) is 10.0 Å². The molecule has 0 fully saturated rings. The van der Waals surface area contributed by atoms with Gasteiger partial charge in [-0.3, -0.25) is 0 Å². The lowest BCUT2D eigenvalue weighted by Crippen LogP contribution is -2.52. The van der Waals surface area contributed by atoms with Gasteiger partial charge in [0.2, 0.25) is 10.0 Å². The topological polar surface area (TPSA) is 72.2 Å². The fourth-order valence-electron chi connectivity index (χ4n) is 1.76. The third kappa shape index (κ3) is 3.45. The second-order valence-corrected chi connectivity index (χ2v) is 6.41. The highest BCUT2D eigenvalue weighted by Crippen LogP contribution is 2.24. The summed E-state index contributed by atoms with van der Waals surface area (Å²) in [5.41, 5.74) is 4.87. The maximum Gasteiger partial charge on any atom is 0.244 e. The average molecular weight is 309 g/mol. The van der Waals surface area contributed by atoms with Crippen molar-refractivity contribution in [2.24, 2.45) is 5.73 Å². The van der Waals surface area contributed by atoms with Crippen molar-refractivity contribution in [2.45, 2.75) is 37.1 Å². The molecule has 1 aromatic rings. The first-order valence-electron chi connectivity index (χ1n) is 6.00. The van der Waals surface area contributed by atoms with E-state index >= 15 is 0 Å². The summed E-state index contributed by atoms with van der Waals surface area (Å²) in [6.07, 6.45) is 1.03. The van der Waals surface area contributed by atoms with Crippen molar-refractivity contribution < 1.29 is 12.8 Å². The Kier molecular flexibility index (Phi) is 5.32. The van der Waals surface area contributed by atoms with Crippen molar-refractivity contribution in [3.05, 3.63) is 29.0 Å². The molecular weight excluding hydrogens is 291 g/mol. The van der Waals surface area contributed by atoms with E-state index in [9.17, 15) is 12.8 Å². The first kappa shape index (κ1) is 16.4. The van der Waals surface area contributed by atoms with Crippen molar-refractivity contribution in [3.8, 4) is 0 Å². The van der Waals surface area contributed by atoms with Crippen LogP contribution in [0.2, 0.25) is 5.02 Å². The summed E-state index contributed by atoms with van der Waals surface area (Å²) in [4.78, 5) is -0.459. The molecule has 0 amide bonds. The van der Waals surface area contributed by atoms with Crippen LogP contribution in [0.15, 0.2) is 23.1 Å². The molecule has 0 saturated heterocycles. The lowest BCUT2D eigenvalue weighted by Gasteiger charge is -2.31. The maximum absolute atomic E-state index is 13.8. The second kappa shape index (κ2) is 6.17. The number of nitrogens with one attached hydrogen (secondary N) is 1. The summed E-state index contributed by atoms with van der Waals surface area (Å²) < 4.78 is 40.8. The first-order chi connectivity index (χ1) is 8.82. The van der Waals surface area contributed by atoms with Crippen molar-refractivity contribution in [2.75, 3.05) is 6.54 Å². The smallest absolute Gasteiger partial charge is 0.244 e. The van der Waals surface area contributed by atoms with Gasteiger partial charge in [0, 0.05) is 12.1 Å². The highest BCUT2D eigenvalue weighted by atomic mass is 35.5. The van der Waals surface area contributed by atoms with E-state index in [0.29, 0.717) is 12.8 Å². The summed E-state index contributed by atoms with van der Waals surface area (Å²) in [6, 6.07) is 3.86. The Morgan fingerprint density at radius 2 is 1.95 bits per heavy atom. The van der Waals surface area contributed by atoms with Crippen LogP contribution in [0.3, 0.4) is 0 Å². The van der Waals surface area contributed by atoms with Gasteiger partial charge in [-0.15, -0.1) is 0 Å². The van der Waals surface area contributed by atoms with E-state index in [0.717, 1.165) is 0 Å². The molecule has 4 nitrogen and oxygen atoms in total. The molecule has 0 radical (unpaired) electrons. The van der Waals surface area contributed by atoms with Gasteiger partial charge in [0.15, 0.2) is 5.82 Å². The second-order valence-electron chi connectivity index (χ2n) is 4.35. The standard InChI is InChI=1S/C12H18ClFN2O2S/c1-3-12(4-2,8-15)16-19(17,18)10-7-5-6-9(13)11(10)14/h5-7,16H,3-4,8,15H2,1-2H3. The predicted molar refractivity (Wildman–Crippen MR) is 74.1 cm³/mol. The van der Waals surface area contributed by atoms with Crippen LogP contribution in [-0.4, -0.2) is 20.5 Å². The summed E-state index contributed by atoms with van der Waals surface area (Å²) in [5.74, 6) is -0.949. The number of hydrogen-bond acceptors (Lipinski definition) is 3. The minimum atomic E-state index is -4.00. The van der Waals surface area contributed by atoms with Crippen molar-refractivity contribution in [1.29, 1.82) is 0 Å². The van der Waals surface area contributed by atoms with E-state index < -0.39 is 26.3 Å². The minimum absolute atomic E-state index is 0.140. The number of sulfonamides is 1. The molecule has 1 aromatic carbocycles. The van der Waals surface area contributed by atoms with Gasteiger partial charge < -0.3 is 5.73 Å². The molecule has 19 heavy (non-hydrogen) atoms. The number of halogens is 2. The zero-order chi connectivity index (χ0) is 14.7. The third-order valence-corrected chi connectivity index (χ3v) is 5.19. The fraction of sp³-hybridized carbons (Fsp3) is 0.500. The fourth-order valence-corrected chi connectivity index (χ4v) is 3.64. The lowest BCUT2D eigenvalue weighted by molar-refractivity contribution is 0.362. The number of rotatable bonds is 6. The van der Waals surface area contributed by atoms with Crippen LogP contribution < -0.4 is 10.5 Å². The van der Waals surface area contributed by atoms with Gasteiger partial charge in [-0.05, 0) is 25.0 Å². The first-order valence-corrected chi connectivity index (χ1v) is 7.86. The van der Waals surface area contributed by atoms with E-state index in [1.54, 1.807) is 0 Å². The molecule has 0 bridgehead atoms. The molecule has 108 valence electrons. The van der Waals surface area contributed by atoms with Crippen LogP contribution in [0.4, 0.5) is 4.39 Å². The Morgan fingerprint density at radius 3 is 2.42 bits per heavy atom. The number of nitrogens with two attached hydrogens (primary N) is 1. The van der Waals surface area contributed by atoms with Crippen molar-refractivity contribution in [1.82, 2.24) is 4.72 Å². The molecule has 0 aliphatic heterocycles. The molecule has 7 heteroatoms. The molecule has 0 atom stereocenters. The van der Waals surface area contributed by atoms with E-state index in [4.69, 9.17) is 17.3 Å². The highest BCUT2D eigenvalue weighted by molar-refractivity contribution is 7.89. The Bertz CT molecular complexity index is 536. The van der Waals surface area contributed by atoms with Crippen molar-refractivity contribution >= 4 is 21.6 Å². The SMILES string of the molecule is CCC(CC)(CN)NS(=O)(=O)c1cccc(Cl)c1F. The average Bonchev–Trinajstić information content (AvgIpc) is 2.39. The third-order valence-electron chi connectivity index (χ3n) is 3.30. The maximum atomic E-state index is 13.8. The molecule has 0 aliphatic carbocycles. The molecule has 3 N–H and O–H groups in total. The largest absolute Gasteiger partial charge is 0.329 e. The van der Waals surface area contributed by atoms with E-state index in [2.05, 4.69) is 4.72 Å². The Balaban J connectivity index is 3.22. The zero-order valence-corrected chi connectivity index (χ0v) is 12.5. The quantitative estimate of drug-likeness (QED) is 0.847. The predicted octanol–water partition coefficient (Wildman–Crippen LogP) is 2.27. The van der Waals surface area contributed by atoms with Gasteiger partial charge >= 0.3 is 0 Å². The zero-order valence-electron chi connectivity index (χ0n) is 10.9. The summed E-state index contributed by atoms with van der Waals surface area (Å²) >= 11 is 5.60. The molecule has 0 heterocycles. The van der Waals surface area contributed by atoms with Crippen molar-refractivity contribution in [3.63, 3.8) is 0 Å². The molecule has 0 saturated carbocycles.